The van der Waals surface area contributed by atoms with Crippen molar-refractivity contribution < 1.29 is 19.4 Å². The molecule has 1 fully saturated rings. The van der Waals surface area contributed by atoms with E-state index in [1.54, 1.807) is 0 Å². The van der Waals surface area contributed by atoms with Crippen LogP contribution in [0.15, 0.2) is 0 Å². The van der Waals surface area contributed by atoms with Crippen LogP contribution in [0.25, 0.3) is 0 Å². The summed E-state index contributed by atoms with van der Waals surface area (Å²) in [6.07, 6.45) is 3.81. The van der Waals surface area contributed by atoms with Crippen LogP contribution in [0.5, 0.6) is 0 Å². The lowest BCUT2D eigenvalue weighted by atomic mass is 10.3. The Bertz CT molecular complexity index is 120. The lowest BCUT2D eigenvalue weighted by Crippen LogP contribution is -2.05. The molecule has 0 amide bonds. The zero-order valence-electron chi connectivity index (χ0n) is 6.46. The average Bonchev–Trinajstić information content (AvgIpc) is 2.10. The molecule has 0 aliphatic carbocycles. The summed E-state index contributed by atoms with van der Waals surface area (Å²) in [5.41, 5.74) is 0. The van der Waals surface area contributed by atoms with Crippen LogP contribution in [0.3, 0.4) is 0 Å². The molecule has 1 saturated heterocycles. The van der Waals surface area contributed by atoms with E-state index in [0.29, 0.717) is 0 Å². The van der Waals surface area contributed by atoms with Crippen molar-refractivity contribution in [2.75, 3.05) is 13.2 Å². The summed E-state index contributed by atoms with van der Waals surface area (Å²) in [6, 6.07) is 0. The second-order valence-corrected chi connectivity index (χ2v) is 1.56. The fourth-order valence-corrected chi connectivity index (χ4v) is 0.440. The van der Waals surface area contributed by atoms with E-state index in [2.05, 4.69) is 9.78 Å². The van der Waals surface area contributed by atoms with Crippen molar-refractivity contribution in [1.29, 1.82) is 10.8 Å². The summed E-state index contributed by atoms with van der Waals surface area (Å²) in [4.78, 5) is 25.8. The van der Waals surface area contributed by atoms with Gasteiger partial charge < -0.3 is 0 Å². The minimum atomic E-state index is 0.750. The van der Waals surface area contributed by atoms with Crippen LogP contribution in [-0.2, 0) is 19.4 Å². The standard InChI is InChI=1S/C4H8O2.2CHNO/c1-2-4-6-5-3-1;2*2-1-3/h1-4H2;2*2H. The second kappa shape index (κ2) is 16.3. The third kappa shape index (κ3) is 23.4. The Hall–Kier alpha value is -1.32. The highest BCUT2D eigenvalue weighted by atomic mass is 17.2. The third-order valence-electron chi connectivity index (χ3n) is 0.789. The Labute approximate surface area is 69.4 Å². The summed E-state index contributed by atoms with van der Waals surface area (Å²) < 4.78 is 0. The minimum absolute atomic E-state index is 0.750. The van der Waals surface area contributed by atoms with Crippen molar-refractivity contribution in [2.24, 2.45) is 0 Å². The van der Waals surface area contributed by atoms with Gasteiger partial charge in [0.25, 0.3) is 0 Å². The topological polar surface area (TPSA) is 100 Å². The third-order valence-corrected chi connectivity index (χ3v) is 0.789. The van der Waals surface area contributed by atoms with E-state index in [-0.39, 0.29) is 0 Å². The molecule has 12 heavy (non-hydrogen) atoms. The van der Waals surface area contributed by atoms with Crippen molar-refractivity contribution in [2.45, 2.75) is 12.8 Å². The molecule has 1 aliphatic heterocycles. The van der Waals surface area contributed by atoms with Gasteiger partial charge in [-0.05, 0) is 12.8 Å². The highest BCUT2D eigenvalue weighted by Gasteiger charge is 1.95. The first-order valence-electron chi connectivity index (χ1n) is 3.15. The molecule has 0 radical (unpaired) electrons. The van der Waals surface area contributed by atoms with Gasteiger partial charge in [-0.15, -0.1) is 0 Å². The van der Waals surface area contributed by atoms with Crippen LogP contribution >= 0.6 is 0 Å². The van der Waals surface area contributed by atoms with Gasteiger partial charge in [0.2, 0.25) is 12.2 Å². The van der Waals surface area contributed by atoms with Gasteiger partial charge >= 0.3 is 0 Å². The van der Waals surface area contributed by atoms with E-state index in [0.717, 1.165) is 38.2 Å². The van der Waals surface area contributed by atoms with Crippen molar-refractivity contribution in [3.8, 4) is 0 Å². The number of hydrogen-bond donors (Lipinski definition) is 2. The molecule has 1 aliphatic rings. The van der Waals surface area contributed by atoms with Crippen molar-refractivity contribution in [3.63, 3.8) is 0 Å². The average molecular weight is 174 g/mol. The minimum Gasteiger partial charge on any atom is -0.237 e. The van der Waals surface area contributed by atoms with Gasteiger partial charge in [-0.1, -0.05) is 0 Å². The van der Waals surface area contributed by atoms with Crippen LogP contribution in [0.4, 0.5) is 0 Å². The fourth-order valence-electron chi connectivity index (χ4n) is 0.440. The molecular formula is C6H10N2O4. The van der Waals surface area contributed by atoms with Crippen LogP contribution in [0.1, 0.15) is 12.8 Å². The molecule has 1 rings (SSSR count). The Morgan fingerprint density at radius 2 is 1.17 bits per heavy atom. The first-order valence-corrected chi connectivity index (χ1v) is 3.15. The maximum absolute atomic E-state index is 8.35. The molecule has 68 valence electrons. The number of isocyanates is 2. The predicted molar refractivity (Wildman–Crippen MR) is 38.0 cm³/mol. The summed E-state index contributed by atoms with van der Waals surface area (Å²) in [7, 11) is 0. The molecule has 6 heteroatoms. The maximum atomic E-state index is 8.35. The van der Waals surface area contributed by atoms with Crippen molar-refractivity contribution in [3.05, 3.63) is 0 Å². The van der Waals surface area contributed by atoms with E-state index < -0.39 is 0 Å². The van der Waals surface area contributed by atoms with Gasteiger partial charge in [0.05, 0.1) is 13.2 Å². The molecule has 0 aromatic heterocycles. The molecular weight excluding hydrogens is 164 g/mol. The Kier molecular flexibility index (Phi) is 18.1. The van der Waals surface area contributed by atoms with Crippen molar-refractivity contribution in [1.82, 2.24) is 0 Å². The van der Waals surface area contributed by atoms with Crippen molar-refractivity contribution >= 4 is 12.2 Å². The van der Waals surface area contributed by atoms with Crippen LogP contribution in [0.2, 0.25) is 0 Å². The first-order chi connectivity index (χ1) is 5.83. The lowest BCUT2D eigenvalue weighted by molar-refractivity contribution is -0.312. The summed E-state index contributed by atoms with van der Waals surface area (Å²) >= 11 is 0. The second-order valence-electron chi connectivity index (χ2n) is 1.56. The largest absolute Gasteiger partial charge is 0.237 e. The highest BCUT2D eigenvalue weighted by Crippen LogP contribution is 1.97. The van der Waals surface area contributed by atoms with E-state index in [4.69, 9.17) is 20.4 Å². The molecule has 0 saturated carbocycles. The normalized spacial score (nSPS) is 13.3. The van der Waals surface area contributed by atoms with E-state index in [1.165, 1.54) is 0 Å². The monoisotopic (exact) mass is 174 g/mol. The molecule has 1 heterocycles. The zero-order valence-corrected chi connectivity index (χ0v) is 6.46. The molecule has 0 unspecified atom stereocenters. The van der Waals surface area contributed by atoms with Gasteiger partial charge in [0, 0.05) is 0 Å². The molecule has 0 aromatic rings. The number of hydrogen-bond acceptors (Lipinski definition) is 6. The summed E-state index contributed by atoms with van der Waals surface area (Å²) in [5, 5.41) is 10.8. The Morgan fingerprint density at radius 1 is 0.917 bits per heavy atom. The zero-order chi connectivity index (χ0) is 9.66. The van der Waals surface area contributed by atoms with Gasteiger partial charge in [-0.25, -0.2) is 30.2 Å². The van der Waals surface area contributed by atoms with Crippen LogP contribution < -0.4 is 0 Å². The van der Waals surface area contributed by atoms with Gasteiger partial charge in [-0.3, -0.25) is 0 Å². The highest BCUT2D eigenvalue weighted by molar-refractivity contribution is 5.26. The summed E-state index contributed by atoms with van der Waals surface area (Å²) in [5.74, 6) is 0. The molecule has 0 bridgehead atoms. The predicted octanol–water partition coefficient (Wildman–Crippen LogP) is 0.530. The van der Waals surface area contributed by atoms with Crippen LogP contribution in [-0.4, -0.2) is 25.4 Å². The fraction of sp³-hybridized carbons (Fsp3) is 0.667. The molecule has 2 N–H and O–H groups in total. The molecule has 0 aromatic carbocycles. The van der Waals surface area contributed by atoms with Gasteiger partial charge in [0.15, 0.2) is 0 Å². The first kappa shape index (κ1) is 13.3. The number of rotatable bonds is 0. The molecule has 0 spiro atoms. The smallest absolute Gasteiger partial charge is 0.231 e. The van der Waals surface area contributed by atoms with E-state index in [9.17, 15) is 0 Å². The van der Waals surface area contributed by atoms with Gasteiger partial charge in [-0.2, -0.15) is 0 Å². The number of nitrogens with one attached hydrogen (secondary N) is 2. The Morgan fingerprint density at radius 3 is 1.25 bits per heavy atom. The molecule has 0 atom stereocenters. The maximum Gasteiger partial charge on any atom is 0.231 e. The van der Waals surface area contributed by atoms with E-state index >= 15 is 0 Å². The molecule has 6 nitrogen and oxygen atoms in total. The van der Waals surface area contributed by atoms with Gasteiger partial charge in [0.1, 0.15) is 0 Å². The van der Waals surface area contributed by atoms with E-state index in [1.807, 2.05) is 0 Å². The number of carbonyl (C=O) groups excluding carboxylic acids is 2. The van der Waals surface area contributed by atoms with Crippen LogP contribution in [0, 0.1) is 10.8 Å². The SMILES string of the molecule is C1CCOOC1.N=C=O.N=C=O. The Balaban J connectivity index is 0. The summed E-state index contributed by atoms with van der Waals surface area (Å²) in [6.45, 7) is 1.56. The quantitative estimate of drug-likeness (QED) is 0.317. The lowest BCUT2D eigenvalue weighted by Gasteiger charge is -2.07.